The summed E-state index contributed by atoms with van der Waals surface area (Å²) in [4.78, 5) is 15.0. The summed E-state index contributed by atoms with van der Waals surface area (Å²) >= 11 is 12.3. The van der Waals surface area contributed by atoms with Gasteiger partial charge in [0.2, 0.25) is 0 Å². The van der Waals surface area contributed by atoms with Gasteiger partial charge in [0.25, 0.3) is 0 Å². The van der Waals surface area contributed by atoms with E-state index >= 15 is 0 Å². The Morgan fingerprint density at radius 1 is 1.24 bits per heavy atom. The van der Waals surface area contributed by atoms with Gasteiger partial charge >= 0.3 is 5.97 Å². The summed E-state index contributed by atoms with van der Waals surface area (Å²) in [5.41, 5.74) is 0.920. The number of nitrogens with zero attached hydrogens (tertiary/aromatic N) is 3. The molecule has 0 spiro atoms. The molecule has 0 saturated heterocycles. The monoisotopic (exact) mass is 325 g/mol. The lowest BCUT2D eigenvalue weighted by Crippen LogP contribution is -2.00. The molecule has 0 aliphatic heterocycles. The first-order chi connectivity index (χ1) is 9.97. The lowest BCUT2D eigenvalue weighted by Gasteiger charge is -2.08. The Morgan fingerprint density at radius 2 is 1.90 bits per heavy atom. The Labute approximate surface area is 127 Å². The zero-order valence-electron chi connectivity index (χ0n) is 10.2. The molecule has 0 unspecified atom stereocenters. The van der Waals surface area contributed by atoms with E-state index in [0.29, 0.717) is 11.1 Å². The van der Waals surface area contributed by atoms with Gasteiger partial charge in [-0.15, -0.1) is 0 Å². The predicted molar refractivity (Wildman–Crippen MR) is 75.4 cm³/mol. The Balaban J connectivity index is 2.28. The minimum Gasteiger partial charge on any atom is -0.476 e. The number of carbonyl (C=O) groups is 1. The molecule has 0 aliphatic rings. The molecular formula is C13H6Cl2FN3O2. The van der Waals surface area contributed by atoms with Crippen LogP contribution < -0.4 is 0 Å². The van der Waals surface area contributed by atoms with Crippen molar-refractivity contribution in [2.75, 3.05) is 0 Å². The number of halogens is 3. The maximum absolute atomic E-state index is 13.0. The first-order valence-electron chi connectivity index (χ1n) is 5.71. The van der Waals surface area contributed by atoms with E-state index in [2.05, 4.69) is 10.1 Å². The van der Waals surface area contributed by atoms with Crippen molar-refractivity contribution < 1.29 is 14.3 Å². The SMILES string of the molecule is O=C(O)c1cc2nc(Cl)c(-c3ccc(F)cc3)c(Cl)n2n1. The van der Waals surface area contributed by atoms with Crippen molar-refractivity contribution in [1.82, 2.24) is 14.6 Å². The number of hydrogen-bond acceptors (Lipinski definition) is 3. The Kier molecular flexibility index (Phi) is 3.27. The Hall–Kier alpha value is -2.18. The molecule has 0 saturated carbocycles. The van der Waals surface area contributed by atoms with Crippen molar-refractivity contribution in [3.8, 4) is 11.1 Å². The van der Waals surface area contributed by atoms with Gasteiger partial charge in [-0.25, -0.2) is 18.7 Å². The van der Waals surface area contributed by atoms with Gasteiger partial charge < -0.3 is 5.11 Å². The van der Waals surface area contributed by atoms with Gasteiger partial charge in [-0.1, -0.05) is 35.3 Å². The minimum atomic E-state index is -1.20. The second-order valence-electron chi connectivity index (χ2n) is 4.18. The lowest BCUT2D eigenvalue weighted by molar-refractivity contribution is 0.0690. The number of carboxylic acid groups (broad SMARTS) is 1. The third-order valence-corrected chi connectivity index (χ3v) is 3.48. The van der Waals surface area contributed by atoms with Gasteiger partial charge in [0.05, 0.1) is 5.56 Å². The fraction of sp³-hybridized carbons (Fsp3) is 0. The molecule has 3 rings (SSSR count). The van der Waals surface area contributed by atoms with E-state index in [1.807, 2.05) is 0 Å². The molecule has 2 heterocycles. The predicted octanol–water partition coefficient (Wildman–Crippen LogP) is 3.54. The van der Waals surface area contributed by atoms with Gasteiger partial charge in [0.15, 0.2) is 11.3 Å². The molecule has 0 radical (unpaired) electrons. The van der Waals surface area contributed by atoms with Crippen LogP contribution in [-0.4, -0.2) is 25.7 Å². The van der Waals surface area contributed by atoms with Crippen LogP contribution in [0.15, 0.2) is 30.3 Å². The summed E-state index contributed by atoms with van der Waals surface area (Å²) in [6.07, 6.45) is 0. The minimum absolute atomic E-state index is 0.0796. The third kappa shape index (κ3) is 2.32. The number of carboxylic acids is 1. The van der Waals surface area contributed by atoms with Crippen molar-refractivity contribution in [2.45, 2.75) is 0 Å². The number of rotatable bonds is 2. The highest BCUT2D eigenvalue weighted by atomic mass is 35.5. The number of hydrogen-bond donors (Lipinski definition) is 1. The van der Waals surface area contributed by atoms with E-state index in [0.717, 1.165) is 0 Å². The van der Waals surface area contributed by atoms with Crippen LogP contribution in [0.2, 0.25) is 10.3 Å². The zero-order valence-corrected chi connectivity index (χ0v) is 11.7. The zero-order chi connectivity index (χ0) is 15.1. The van der Waals surface area contributed by atoms with Crippen molar-refractivity contribution in [3.63, 3.8) is 0 Å². The van der Waals surface area contributed by atoms with E-state index in [-0.39, 0.29) is 21.6 Å². The highest BCUT2D eigenvalue weighted by Gasteiger charge is 2.18. The van der Waals surface area contributed by atoms with E-state index in [1.165, 1.54) is 34.8 Å². The first-order valence-corrected chi connectivity index (χ1v) is 6.47. The largest absolute Gasteiger partial charge is 0.476 e. The topological polar surface area (TPSA) is 67.5 Å². The molecule has 2 aromatic heterocycles. The molecule has 5 nitrogen and oxygen atoms in total. The molecule has 106 valence electrons. The molecule has 1 aromatic carbocycles. The number of benzene rings is 1. The van der Waals surface area contributed by atoms with Crippen LogP contribution in [0.25, 0.3) is 16.8 Å². The van der Waals surface area contributed by atoms with Crippen molar-refractivity contribution in [2.24, 2.45) is 0 Å². The molecule has 0 aliphatic carbocycles. The number of fused-ring (bicyclic) bond motifs is 1. The molecule has 0 fully saturated rings. The molecule has 0 atom stereocenters. The van der Waals surface area contributed by atoms with E-state index < -0.39 is 11.8 Å². The van der Waals surface area contributed by atoms with Gasteiger partial charge in [-0.2, -0.15) is 5.10 Å². The molecule has 0 bridgehead atoms. The van der Waals surface area contributed by atoms with Gasteiger partial charge in [-0.05, 0) is 17.7 Å². The molecule has 8 heteroatoms. The summed E-state index contributed by atoms with van der Waals surface area (Å²) in [7, 11) is 0. The maximum atomic E-state index is 13.0. The Morgan fingerprint density at radius 3 is 2.52 bits per heavy atom. The van der Waals surface area contributed by atoms with Gasteiger partial charge in [-0.3, -0.25) is 0 Å². The van der Waals surface area contributed by atoms with E-state index in [4.69, 9.17) is 28.3 Å². The van der Waals surface area contributed by atoms with Crippen LogP contribution in [-0.2, 0) is 0 Å². The third-order valence-electron chi connectivity index (χ3n) is 2.85. The summed E-state index contributed by atoms with van der Waals surface area (Å²) in [5, 5.41) is 13.0. The van der Waals surface area contributed by atoms with Crippen LogP contribution in [0.4, 0.5) is 4.39 Å². The smallest absolute Gasteiger partial charge is 0.356 e. The van der Waals surface area contributed by atoms with E-state index in [1.54, 1.807) is 0 Å². The molecule has 3 aromatic rings. The summed E-state index contributed by atoms with van der Waals surface area (Å²) in [5.74, 6) is -1.59. The second kappa shape index (κ2) is 4.98. The average Bonchev–Trinajstić information content (AvgIpc) is 2.85. The summed E-state index contributed by atoms with van der Waals surface area (Å²) in [6, 6.07) is 6.78. The highest BCUT2D eigenvalue weighted by Crippen LogP contribution is 2.34. The molecule has 0 amide bonds. The molecule has 1 N–H and O–H groups in total. The second-order valence-corrected chi connectivity index (χ2v) is 4.90. The van der Waals surface area contributed by atoms with Crippen molar-refractivity contribution in [1.29, 1.82) is 0 Å². The lowest BCUT2D eigenvalue weighted by atomic mass is 10.1. The van der Waals surface area contributed by atoms with Crippen LogP contribution in [0, 0.1) is 5.82 Å². The number of aromatic nitrogens is 3. The fourth-order valence-electron chi connectivity index (χ4n) is 1.90. The van der Waals surface area contributed by atoms with Gasteiger partial charge in [0.1, 0.15) is 16.1 Å². The van der Waals surface area contributed by atoms with Crippen molar-refractivity contribution >= 4 is 34.8 Å². The number of aromatic carboxylic acids is 1. The summed E-state index contributed by atoms with van der Waals surface area (Å²) in [6.45, 7) is 0. The molecule has 21 heavy (non-hydrogen) atoms. The van der Waals surface area contributed by atoms with Crippen LogP contribution in [0.5, 0.6) is 0 Å². The van der Waals surface area contributed by atoms with Gasteiger partial charge in [0, 0.05) is 6.07 Å². The quantitative estimate of drug-likeness (QED) is 0.732. The van der Waals surface area contributed by atoms with Crippen LogP contribution >= 0.6 is 23.2 Å². The van der Waals surface area contributed by atoms with Crippen molar-refractivity contribution in [3.05, 3.63) is 52.1 Å². The van der Waals surface area contributed by atoms with Crippen LogP contribution in [0.1, 0.15) is 10.5 Å². The molecular weight excluding hydrogens is 320 g/mol. The first kappa shape index (κ1) is 13.8. The maximum Gasteiger partial charge on any atom is 0.356 e. The normalized spacial score (nSPS) is 11.0. The summed E-state index contributed by atoms with van der Waals surface area (Å²) < 4.78 is 14.2. The Bertz CT molecular complexity index is 862. The fourth-order valence-corrected chi connectivity index (χ4v) is 2.56. The highest BCUT2D eigenvalue weighted by molar-refractivity contribution is 6.38. The standard InChI is InChI=1S/C13H6Cl2FN3O2/c14-11-10(6-1-3-7(16)4-2-6)12(15)19-9(17-11)5-8(18-19)13(20)21/h1-5H,(H,20,21). The average molecular weight is 326 g/mol. The van der Waals surface area contributed by atoms with Crippen LogP contribution in [0.3, 0.4) is 0 Å². The van der Waals surface area contributed by atoms with E-state index in [9.17, 15) is 9.18 Å².